The normalized spacial score (nSPS) is 11.7. The van der Waals surface area contributed by atoms with Gasteiger partial charge in [-0.2, -0.15) is 5.10 Å². The molecule has 8 heteroatoms. The van der Waals surface area contributed by atoms with E-state index in [4.69, 9.17) is 23.2 Å². The van der Waals surface area contributed by atoms with E-state index in [1.165, 1.54) is 16.8 Å². The molecule has 0 radical (unpaired) electrons. The molecule has 0 atom stereocenters. The summed E-state index contributed by atoms with van der Waals surface area (Å²) in [6.45, 7) is 3.48. The van der Waals surface area contributed by atoms with E-state index < -0.39 is 10.0 Å². The van der Waals surface area contributed by atoms with Gasteiger partial charge in [0.2, 0.25) is 0 Å². The van der Waals surface area contributed by atoms with Crippen LogP contribution in [0, 0.1) is 13.8 Å². The van der Waals surface area contributed by atoms with Crippen LogP contribution in [0.15, 0.2) is 23.2 Å². The molecule has 20 heavy (non-hydrogen) atoms. The number of aromatic nitrogens is 2. The van der Waals surface area contributed by atoms with Crippen molar-refractivity contribution in [3.05, 3.63) is 39.5 Å². The molecular formula is C12H13Cl2N3O2S. The van der Waals surface area contributed by atoms with Crippen LogP contribution < -0.4 is 4.72 Å². The summed E-state index contributed by atoms with van der Waals surface area (Å²) >= 11 is 11.9. The van der Waals surface area contributed by atoms with Crippen LogP contribution in [0.25, 0.3) is 0 Å². The minimum absolute atomic E-state index is 0.0123. The molecule has 0 bridgehead atoms. The van der Waals surface area contributed by atoms with Crippen molar-refractivity contribution in [3.63, 3.8) is 0 Å². The number of hydrogen-bond acceptors (Lipinski definition) is 3. The summed E-state index contributed by atoms with van der Waals surface area (Å²) in [6.07, 6.45) is 1.58. The Hall–Kier alpha value is -1.24. The highest BCUT2D eigenvalue weighted by atomic mass is 35.5. The average Bonchev–Trinajstić information content (AvgIpc) is 2.65. The molecule has 0 fully saturated rings. The Morgan fingerprint density at radius 1 is 1.15 bits per heavy atom. The lowest BCUT2D eigenvalue weighted by molar-refractivity contribution is 0.600. The second kappa shape index (κ2) is 5.27. The maximum atomic E-state index is 12.4. The summed E-state index contributed by atoms with van der Waals surface area (Å²) in [4.78, 5) is -0.0123. The van der Waals surface area contributed by atoms with Crippen LogP contribution in [0.4, 0.5) is 5.82 Å². The van der Waals surface area contributed by atoms with Crippen molar-refractivity contribution < 1.29 is 8.42 Å². The third-order valence-corrected chi connectivity index (χ3v) is 5.07. The second-order valence-corrected chi connectivity index (χ2v) is 6.90. The molecule has 0 aliphatic rings. The minimum Gasteiger partial charge on any atom is -0.263 e. The minimum atomic E-state index is -3.80. The quantitative estimate of drug-likeness (QED) is 0.938. The predicted molar refractivity (Wildman–Crippen MR) is 80.0 cm³/mol. The first-order chi connectivity index (χ1) is 9.22. The number of anilines is 1. The van der Waals surface area contributed by atoms with Gasteiger partial charge in [-0.1, -0.05) is 23.2 Å². The molecular weight excluding hydrogens is 321 g/mol. The third-order valence-electron chi connectivity index (χ3n) is 2.86. The molecule has 0 saturated heterocycles. The highest BCUT2D eigenvalue weighted by molar-refractivity contribution is 7.92. The Morgan fingerprint density at radius 2 is 1.80 bits per heavy atom. The molecule has 2 rings (SSSR count). The summed E-state index contributed by atoms with van der Waals surface area (Å²) in [5, 5.41) is 4.48. The van der Waals surface area contributed by atoms with E-state index in [0.29, 0.717) is 16.4 Å². The summed E-state index contributed by atoms with van der Waals surface area (Å²) < 4.78 is 28.7. The van der Waals surface area contributed by atoms with Crippen LogP contribution in [-0.4, -0.2) is 18.2 Å². The fraction of sp³-hybridized carbons (Fsp3) is 0.250. The molecule has 0 aliphatic carbocycles. The fourth-order valence-electron chi connectivity index (χ4n) is 1.71. The smallest absolute Gasteiger partial charge is 0.263 e. The number of hydrogen-bond donors (Lipinski definition) is 1. The fourth-order valence-corrected chi connectivity index (χ4v) is 3.71. The zero-order valence-electron chi connectivity index (χ0n) is 11.1. The van der Waals surface area contributed by atoms with E-state index in [-0.39, 0.29) is 9.92 Å². The molecule has 2 aromatic rings. The Labute approximate surface area is 127 Å². The third kappa shape index (κ3) is 2.77. The van der Waals surface area contributed by atoms with E-state index in [9.17, 15) is 8.42 Å². The van der Waals surface area contributed by atoms with Crippen molar-refractivity contribution in [2.45, 2.75) is 18.7 Å². The van der Waals surface area contributed by atoms with E-state index in [1.54, 1.807) is 27.1 Å². The van der Waals surface area contributed by atoms with Crippen LogP contribution >= 0.6 is 23.2 Å². The lowest BCUT2D eigenvalue weighted by atomic mass is 10.2. The molecule has 1 aromatic heterocycles. The van der Waals surface area contributed by atoms with Gasteiger partial charge in [0.15, 0.2) is 0 Å². The first kappa shape index (κ1) is 15.2. The maximum absolute atomic E-state index is 12.4. The van der Waals surface area contributed by atoms with Crippen LogP contribution in [-0.2, 0) is 17.1 Å². The van der Waals surface area contributed by atoms with Gasteiger partial charge in [-0.05, 0) is 31.5 Å². The number of halogens is 2. The monoisotopic (exact) mass is 333 g/mol. The standard InChI is InChI=1S/C12H13Cl2N3O2S/c1-7-4-11(10(14)5-9(7)13)20(18,19)16-12-8(2)6-15-17(12)3/h4-6,16H,1-3H3. The van der Waals surface area contributed by atoms with Crippen molar-refractivity contribution in [2.75, 3.05) is 4.72 Å². The first-order valence-corrected chi connectivity index (χ1v) is 7.93. The highest BCUT2D eigenvalue weighted by Gasteiger charge is 2.21. The van der Waals surface area contributed by atoms with Gasteiger partial charge >= 0.3 is 0 Å². The van der Waals surface area contributed by atoms with Gasteiger partial charge in [-0.15, -0.1) is 0 Å². The zero-order chi connectivity index (χ0) is 15.1. The van der Waals surface area contributed by atoms with E-state index in [1.807, 2.05) is 0 Å². The summed E-state index contributed by atoms with van der Waals surface area (Å²) in [5.41, 5.74) is 1.36. The highest BCUT2D eigenvalue weighted by Crippen LogP contribution is 2.29. The Balaban J connectivity index is 2.49. The molecule has 1 N–H and O–H groups in total. The van der Waals surface area contributed by atoms with E-state index in [0.717, 1.165) is 5.56 Å². The molecule has 0 amide bonds. The van der Waals surface area contributed by atoms with Crippen LogP contribution in [0.2, 0.25) is 10.0 Å². The van der Waals surface area contributed by atoms with Crippen molar-refractivity contribution in [3.8, 4) is 0 Å². The molecule has 1 heterocycles. The van der Waals surface area contributed by atoms with Crippen molar-refractivity contribution in [2.24, 2.45) is 7.05 Å². The summed E-state index contributed by atoms with van der Waals surface area (Å²) in [5.74, 6) is 0.397. The Morgan fingerprint density at radius 3 is 2.35 bits per heavy atom. The molecule has 108 valence electrons. The zero-order valence-corrected chi connectivity index (χ0v) is 13.4. The Bertz CT molecular complexity index is 750. The number of nitrogens with zero attached hydrogens (tertiary/aromatic N) is 2. The molecule has 5 nitrogen and oxygen atoms in total. The van der Waals surface area contributed by atoms with Gasteiger partial charge in [0.05, 0.1) is 11.2 Å². The maximum Gasteiger partial charge on any atom is 0.264 e. The summed E-state index contributed by atoms with van der Waals surface area (Å²) in [6, 6.07) is 2.86. The molecule has 0 spiro atoms. The topological polar surface area (TPSA) is 64.0 Å². The van der Waals surface area contributed by atoms with Gasteiger partial charge in [-0.3, -0.25) is 9.40 Å². The largest absolute Gasteiger partial charge is 0.264 e. The second-order valence-electron chi connectivity index (χ2n) is 4.44. The van der Waals surface area contributed by atoms with E-state index >= 15 is 0 Å². The number of aryl methyl sites for hydroxylation is 3. The molecule has 0 unspecified atom stereocenters. The van der Waals surface area contributed by atoms with Gasteiger partial charge < -0.3 is 0 Å². The molecule has 0 saturated carbocycles. The van der Waals surface area contributed by atoms with Crippen molar-refractivity contribution >= 4 is 39.0 Å². The van der Waals surface area contributed by atoms with Crippen LogP contribution in [0.1, 0.15) is 11.1 Å². The summed E-state index contributed by atoms with van der Waals surface area (Å²) in [7, 11) is -2.15. The average molecular weight is 334 g/mol. The first-order valence-electron chi connectivity index (χ1n) is 5.69. The van der Waals surface area contributed by atoms with Gasteiger partial charge in [0.1, 0.15) is 10.7 Å². The number of nitrogens with one attached hydrogen (secondary N) is 1. The number of rotatable bonds is 3. The SMILES string of the molecule is Cc1cc(S(=O)(=O)Nc2c(C)cnn2C)c(Cl)cc1Cl. The molecule has 1 aromatic carbocycles. The number of benzene rings is 1. The van der Waals surface area contributed by atoms with Crippen LogP contribution in [0.5, 0.6) is 0 Å². The predicted octanol–water partition coefficient (Wildman–Crippen LogP) is 3.14. The lowest BCUT2D eigenvalue weighted by Gasteiger charge is -2.12. The molecule has 0 aliphatic heterocycles. The van der Waals surface area contributed by atoms with Crippen LogP contribution in [0.3, 0.4) is 0 Å². The van der Waals surface area contributed by atoms with Gasteiger partial charge in [0.25, 0.3) is 10.0 Å². The van der Waals surface area contributed by atoms with Gasteiger partial charge in [-0.25, -0.2) is 8.42 Å². The number of sulfonamides is 1. The van der Waals surface area contributed by atoms with Crippen molar-refractivity contribution in [1.29, 1.82) is 0 Å². The lowest BCUT2D eigenvalue weighted by Crippen LogP contribution is -2.16. The van der Waals surface area contributed by atoms with E-state index in [2.05, 4.69) is 9.82 Å². The Kier molecular flexibility index (Phi) is 4.00. The van der Waals surface area contributed by atoms with Gasteiger partial charge in [0, 0.05) is 17.6 Å². The van der Waals surface area contributed by atoms with Crippen molar-refractivity contribution in [1.82, 2.24) is 9.78 Å².